The second-order valence-electron chi connectivity index (χ2n) is 13.4. The maximum Gasteiger partial charge on any atom is 0.0765 e. The third-order valence-electron chi connectivity index (χ3n) is 11.9. The van der Waals surface area contributed by atoms with E-state index in [9.17, 15) is 0 Å². The van der Waals surface area contributed by atoms with E-state index in [2.05, 4.69) is 39.6 Å². The van der Waals surface area contributed by atoms with Crippen LogP contribution in [0.5, 0.6) is 0 Å². The summed E-state index contributed by atoms with van der Waals surface area (Å²) in [5, 5.41) is 0. The summed E-state index contributed by atoms with van der Waals surface area (Å²) >= 11 is 0. The van der Waals surface area contributed by atoms with E-state index < -0.39 is 0 Å². The fourth-order valence-corrected chi connectivity index (χ4v) is 10.5. The third kappa shape index (κ3) is 3.02. The molecule has 2 heterocycles. The van der Waals surface area contributed by atoms with Gasteiger partial charge in [0.15, 0.2) is 0 Å². The highest BCUT2D eigenvalue weighted by Crippen LogP contribution is 2.65. The van der Waals surface area contributed by atoms with Gasteiger partial charge in [0.25, 0.3) is 0 Å². The molecule has 31 heavy (non-hydrogen) atoms. The van der Waals surface area contributed by atoms with Gasteiger partial charge in [-0.25, -0.2) is 0 Å². The normalized spacial score (nSPS) is 54.9. The lowest BCUT2D eigenvalue weighted by Gasteiger charge is -2.52. The molecule has 6 rings (SSSR count). The van der Waals surface area contributed by atoms with Crippen molar-refractivity contribution in [1.29, 1.82) is 0 Å². The van der Waals surface area contributed by atoms with E-state index in [0.717, 1.165) is 29.6 Å². The zero-order chi connectivity index (χ0) is 21.5. The summed E-state index contributed by atoms with van der Waals surface area (Å²) in [7, 11) is 2.36. The summed E-state index contributed by atoms with van der Waals surface area (Å²) in [6.45, 7) is 11.4. The predicted molar refractivity (Wildman–Crippen MR) is 128 cm³/mol. The molecular formula is C29H47NO. The van der Waals surface area contributed by atoms with Crippen molar-refractivity contribution in [2.75, 3.05) is 13.6 Å². The number of fused-ring (bicyclic) bond motifs is 6. The van der Waals surface area contributed by atoms with Crippen LogP contribution in [-0.2, 0) is 4.74 Å². The van der Waals surface area contributed by atoms with Gasteiger partial charge in [0, 0.05) is 18.5 Å². The molecule has 0 radical (unpaired) electrons. The van der Waals surface area contributed by atoms with Gasteiger partial charge in [-0.05, 0) is 107 Å². The van der Waals surface area contributed by atoms with Crippen LogP contribution < -0.4 is 0 Å². The first-order valence-electron chi connectivity index (χ1n) is 13.9. The van der Waals surface area contributed by atoms with Crippen LogP contribution in [-0.4, -0.2) is 36.2 Å². The van der Waals surface area contributed by atoms with Crippen LogP contribution in [0.2, 0.25) is 0 Å². The van der Waals surface area contributed by atoms with Gasteiger partial charge >= 0.3 is 0 Å². The first-order chi connectivity index (χ1) is 14.8. The lowest BCUT2D eigenvalue weighted by Crippen LogP contribution is -2.49. The zero-order valence-corrected chi connectivity index (χ0v) is 21.0. The lowest BCUT2D eigenvalue weighted by atomic mass is 9.52. The molecule has 5 fully saturated rings. The molecule has 4 aliphatic carbocycles. The Bertz CT molecular complexity index is 758. The Balaban J connectivity index is 1.29. The Kier molecular flexibility index (Phi) is 5.01. The Hall–Kier alpha value is -0.340. The van der Waals surface area contributed by atoms with Gasteiger partial charge in [0.2, 0.25) is 0 Å². The van der Waals surface area contributed by atoms with Gasteiger partial charge in [-0.3, -0.25) is 0 Å². The van der Waals surface area contributed by atoms with E-state index >= 15 is 0 Å². The Morgan fingerprint density at radius 1 is 1.03 bits per heavy atom. The number of hydrogen-bond acceptors (Lipinski definition) is 2. The number of rotatable bonds is 0. The number of likely N-dealkylation sites (N-methyl/N-ethyl adjacent to an activating group) is 1. The highest BCUT2D eigenvalue weighted by Gasteiger charge is 2.59. The van der Waals surface area contributed by atoms with Crippen molar-refractivity contribution in [3.05, 3.63) is 11.1 Å². The van der Waals surface area contributed by atoms with Crippen LogP contribution in [0.1, 0.15) is 98.3 Å². The number of likely N-dealkylation sites (tertiary alicyclic amines) is 1. The van der Waals surface area contributed by atoms with Crippen molar-refractivity contribution in [3.8, 4) is 0 Å². The van der Waals surface area contributed by atoms with Gasteiger partial charge < -0.3 is 9.64 Å². The average Bonchev–Trinajstić information content (AvgIpc) is 3.18. The molecule has 2 aliphatic heterocycles. The topological polar surface area (TPSA) is 12.5 Å². The molecule has 10 atom stereocenters. The third-order valence-corrected chi connectivity index (χ3v) is 11.9. The molecular weight excluding hydrogens is 378 g/mol. The molecule has 0 N–H and O–H groups in total. The maximum absolute atomic E-state index is 7.13. The monoisotopic (exact) mass is 425 g/mol. The smallest absolute Gasteiger partial charge is 0.0765 e. The largest absolute Gasteiger partial charge is 0.369 e. The number of nitrogens with zero attached hydrogens (tertiary/aromatic N) is 1. The van der Waals surface area contributed by atoms with Crippen LogP contribution in [0.25, 0.3) is 0 Å². The number of ether oxygens (including phenoxy) is 1. The highest BCUT2D eigenvalue weighted by molar-refractivity contribution is 5.29. The van der Waals surface area contributed by atoms with Gasteiger partial charge in [-0.15, -0.1) is 0 Å². The van der Waals surface area contributed by atoms with Crippen LogP contribution in [0.3, 0.4) is 0 Å². The molecule has 2 saturated heterocycles. The van der Waals surface area contributed by atoms with Gasteiger partial charge in [0.1, 0.15) is 0 Å². The minimum absolute atomic E-state index is 0.108. The van der Waals surface area contributed by atoms with Crippen LogP contribution in [0, 0.1) is 40.9 Å². The van der Waals surface area contributed by atoms with E-state index in [1.165, 1.54) is 77.2 Å². The fraction of sp³-hybridized carbons (Fsp3) is 0.931. The van der Waals surface area contributed by atoms with Crippen molar-refractivity contribution in [2.45, 2.75) is 116 Å². The summed E-state index contributed by atoms with van der Waals surface area (Å²) in [4.78, 5) is 2.65. The van der Waals surface area contributed by atoms with Crippen LogP contribution in [0.4, 0.5) is 0 Å². The molecule has 0 amide bonds. The second-order valence-corrected chi connectivity index (χ2v) is 13.4. The predicted octanol–water partition coefficient (Wildman–Crippen LogP) is 6.84. The quantitative estimate of drug-likeness (QED) is 0.394. The van der Waals surface area contributed by atoms with Gasteiger partial charge in [0.05, 0.1) is 11.7 Å². The van der Waals surface area contributed by atoms with Crippen molar-refractivity contribution in [2.24, 2.45) is 40.9 Å². The summed E-state index contributed by atoms with van der Waals surface area (Å²) in [6.07, 6.45) is 16.1. The first kappa shape index (κ1) is 21.2. The van der Waals surface area contributed by atoms with E-state index in [-0.39, 0.29) is 5.60 Å². The zero-order valence-electron chi connectivity index (χ0n) is 21.0. The lowest BCUT2D eigenvalue weighted by molar-refractivity contribution is -0.0794. The van der Waals surface area contributed by atoms with Crippen molar-refractivity contribution >= 4 is 0 Å². The number of piperidine rings is 1. The SMILES string of the molecule is CC1=C2C[C@H]3[C@@H](CC[C@@H]4CCCC[C@@]43C)[C@@H]2CC[C@@]2(C1)O[C@@H]1C[C@H](C)CN(C)[C@H]1[C@H]2C. The molecule has 3 saturated carbocycles. The average molecular weight is 426 g/mol. The standard InChI is InChI=1S/C29H47NO/c1-18-14-26-27(30(5)17-18)20(3)29(31-26)13-11-22-23-10-9-21-8-6-7-12-28(21,4)25(23)15-24(22)19(2)16-29/h18,20-23,25-27H,6-17H2,1-5H3/t18-,20+,21-,22-,23-,25-,26+,27-,28-,29-/m0/s1. The molecule has 2 nitrogen and oxygen atoms in total. The minimum atomic E-state index is 0.108. The summed E-state index contributed by atoms with van der Waals surface area (Å²) in [5.74, 6) is 5.28. The molecule has 2 heteroatoms. The number of hydrogen-bond donors (Lipinski definition) is 0. The molecule has 0 aromatic rings. The van der Waals surface area contributed by atoms with Crippen molar-refractivity contribution in [3.63, 3.8) is 0 Å². The summed E-state index contributed by atoms with van der Waals surface area (Å²) in [5.41, 5.74) is 4.40. The molecule has 0 aromatic heterocycles. The van der Waals surface area contributed by atoms with Crippen molar-refractivity contribution in [1.82, 2.24) is 4.90 Å². The molecule has 0 bridgehead atoms. The van der Waals surface area contributed by atoms with E-state index in [4.69, 9.17) is 4.74 Å². The Morgan fingerprint density at radius 2 is 1.87 bits per heavy atom. The Morgan fingerprint density at radius 3 is 2.71 bits per heavy atom. The van der Waals surface area contributed by atoms with Crippen molar-refractivity contribution < 1.29 is 4.74 Å². The molecule has 1 spiro atoms. The van der Waals surface area contributed by atoms with Crippen LogP contribution in [0.15, 0.2) is 11.1 Å². The molecule has 6 aliphatic rings. The van der Waals surface area contributed by atoms with Gasteiger partial charge in [-0.2, -0.15) is 0 Å². The second kappa shape index (κ2) is 7.33. The molecule has 174 valence electrons. The van der Waals surface area contributed by atoms with Crippen LogP contribution >= 0.6 is 0 Å². The Labute approximate surface area is 191 Å². The first-order valence-corrected chi connectivity index (χ1v) is 13.9. The minimum Gasteiger partial charge on any atom is -0.369 e. The maximum atomic E-state index is 7.13. The van der Waals surface area contributed by atoms with Gasteiger partial charge in [-0.1, -0.05) is 44.8 Å². The molecule has 0 unspecified atom stereocenters. The fourth-order valence-electron chi connectivity index (χ4n) is 10.5. The summed E-state index contributed by atoms with van der Waals surface area (Å²) in [6, 6.07) is 0.635. The van der Waals surface area contributed by atoms with E-state index in [1.54, 1.807) is 5.57 Å². The summed E-state index contributed by atoms with van der Waals surface area (Å²) < 4.78 is 7.13. The molecule has 0 aromatic carbocycles. The van der Waals surface area contributed by atoms with E-state index in [1.807, 2.05) is 5.57 Å². The van der Waals surface area contributed by atoms with E-state index in [0.29, 0.717) is 23.5 Å². The number of allylic oxidation sites excluding steroid dienone is 1. The highest BCUT2D eigenvalue weighted by atomic mass is 16.5.